The van der Waals surface area contributed by atoms with Gasteiger partial charge in [0.2, 0.25) is 0 Å². The number of carbonyl (C=O) groups excluding carboxylic acids is 2. The van der Waals surface area contributed by atoms with Crippen molar-refractivity contribution in [1.82, 2.24) is 5.32 Å². The first-order valence-electron chi connectivity index (χ1n) is 7.93. The van der Waals surface area contributed by atoms with Crippen LogP contribution >= 0.6 is 0 Å². The monoisotopic (exact) mass is 365 g/mol. The van der Waals surface area contributed by atoms with E-state index in [0.717, 1.165) is 29.8 Å². The molecule has 0 aliphatic heterocycles. The van der Waals surface area contributed by atoms with Crippen LogP contribution in [0.15, 0.2) is 54.6 Å². The third-order valence-corrected chi connectivity index (χ3v) is 3.76. The lowest BCUT2D eigenvalue weighted by Crippen LogP contribution is -2.31. The van der Waals surface area contributed by atoms with Crippen molar-refractivity contribution in [3.8, 4) is 0 Å². The van der Waals surface area contributed by atoms with Crippen LogP contribution < -0.4 is 5.32 Å². The Morgan fingerprint density at radius 2 is 1.65 bits per heavy atom. The van der Waals surface area contributed by atoms with Gasteiger partial charge in [-0.25, -0.2) is 4.79 Å². The highest BCUT2D eigenvalue weighted by molar-refractivity contribution is 5.91. The minimum Gasteiger partial charge on any atom is -0.452 e. The summed E-state index contributed by atoms with van der Waals surface area (Å²) in [5.41, 5.74) is 0.152. The molecule has 1 amide bonds. The van der Waals surface area contributed by atoms with Crippen LogP contribution in [0.4, 0.5) is 13.2 Å². The summed E-state index contributed by atoms with van der Waals surface area (Å²) < 4.78 is 42.3. The molecule has 0 fully saturated rings. The normalized spacial score (nSPS) is 12.3. The maximum atomic E-state index is 12.5. The summed E-state index contributed by atoms with van der Waals surface area (Å²) in [4.78, 5) is 23.5. The molecule has 1 atom stereocenters. The van der Waals surface area contributed by atoms with Gasteiger partial charge in [-0.3, -0.25) is 4.79 Å². The molecule has 0 saturated carbocycles. The summed E-state index contributed by atoms with van der Waals surface area (Å²) in [7, 11) is 0. The molecule has 2 aromatic carbocycles. The van der Waals surface area contributed by atoms with Crippen molar-refractivity contribution in [2.45, 2.75) is 19.0 Å². The van der Waals surface area contributed by atoms with Gasteiger partial charge >= 0.3 is 12.1 Å². The van der Waals surface area contributed by atoms with Crippen LogP contribution in [-0.4, -0.2) is 25.0 Å². The Labute approximate surface area is 149 Å². The molecule has 26 heavy (non-hydrogen) atoms. The van der Waals surface area contributed by atoms with Gasteiger partial charge < -0.3 is 10.1 Å². The number of hydrogen-bond donors (Lipinski definition) is 1. The zero-order valence-corrected chi connectivity index (χ0v) is 14.0. The van der Waals surface area contributed by atoms with Crippen LogP contribution in [0.3, 0.4) is 0 Å². The summed E-state index contributed by atoms with van der Waals surface area (Å²) in [6.45, 7) is 1.83. The average molecular weight is 365 g/mol. The number of esters is 1. The summed E-state index contributed by atoms with van der Waals surface area (Å²) in [5, 5.41) is 2.65. The molecule has 0 bridgehead atoms. The average Bonchev–Trinajstić information content (AvgIpc) is 2.64. The Bertz CT molecular complexity index is 743. The molecule has 0 saturated heterocycles. The maximum Gasteiger partial charge on any atom is 0.416 e. The zero-order valence-electron chi connectivity index (χ0n) is 14.0. The van der Waals surface area contributed by atoms with E-state index in [1.807, 2.05) is 37.3 Å². The highest BCUT2D eigenvalue weighted by Crippen LogP contribution is 2.29. The molecule has 0 radical (unpaired) electrons. The largest absolute Gasteiger partial charge is 0.452 e. The number of amides is 1. The fraction of sp³-hybridized carbons (Fsp3) is 0.263. The van der Waals surface area contributed by atoms with Gasteiger partial charge in [-0.2, -0.15) is 13.2 Å². The van der Waals surface area contributed by atoms with E-state index < -0.39 is 30.2 Å². The van der Waals surface area contributed by atoms with Crippen LogP contribution in [0, 0.1) is 0 Å². The Kier molecular flexibility index (Phi) is 6.38. The quantitative estimate of drug-likeness (QED) is 0.793. The molecular formula is C19H18F3NO3. The van der Waals surface area contributed by atoms with Gasteiger partial charge in [-0.05, 0) is 35.7 Å². The molecule has 2 rings (SSSR count). The summed E-state index contributed by atoms with van der Waals surface area (Å²) in [6, 6.07) is 13.2. The van der Waals surface area contributed by atoms with E-state index in [2.05, 4.69) is 5.32 Å². The predicted molar refractivity (Wildman–Crippen MR) is 89.6 cm³/mol. The van der Waals surface area contributed by atoms with E-state index in [9.17, 15) is 22.8 Å². The van der Waals surface area contributed by atoms with Gasteiger partial charge in [0.1, 0.15) is 0 Å². The number of benzene rings is 2. The van der Waals surface area contributed by atoms with Crippen molar-refractivity contribution in [2.75, 3.05) is 13.2 Å². The molecule has 0 aliphatic rings. The molecule has 0 aliphatic carbocycles. The number of halogens is 3. The van der Waals surface area contributed by atoms with Crippen molar-refractivity contribution in [3.63, 3.8) is 0 Å². The van der Waals surface area contributed by atoms with Gasteiger partial charge in [0.15, 0.2) is 6.61 Å². The highest BCUT2D eigenvalue weighted by Gasteiger charge is 2.30. The minimum absolute atomic E-state index is 0.0524. The molecule has 4 nitrogen and oxygen atoms in total. The topological polar surface area (TPSA) is 55.4 Å². The fourth-order valence-electron chi connectivity index (χ4n) is 2.23. The second-order valence-corrected chi connectivity index (χ2v) is 5.77. The van der Waals surface area contributed by atoms with E-state index >= 15 is 0 Å². The van der Waals surface area contributed by atoms with Crippen LogP contribution in [-0.2, 0) is 15.7 Å². The number of nitrogens with one attached hydrogen (secondary N) is 1. The van der Waals surface area contributed by atoms with Crippen molar-refractivity contribution >= 4 is 11.9 Å². The molecule has 7 heteroatoms. The molecule has 0 heterocycles. The number of hydrogen-bond acceptors (Lipinski definition) is 3. The smallest absolute Gasteiger partial charge is 0.416 e. The predicted octanol–water partition coefficient (Wildman–Crippen LogP) is 3.78. The third kappa shape index (κ3) is 5.61. The number of rotatable bonds is 6. The van der Waals surface area contributed by atoms with E-state index in [1.165, 1.54) is 0 Å². The van der Waals surface area contributed by atoms with Crippen LogP contribution in [0.25, 0.3) is 0 Å². The van der Waals surface area contributed by atoms with Crippen molar-refractivity contribution in [2.24, 2.45) is 0 Å². The van der Waals surface area contributed by atoms with E-state index in [4.69, 9.17) is 4.74 Å². The minimum atomic E-state index is -4.47. The molecule has 2 aromatic rings. The van der Waals surface area contributed by atoms with E-state index in [0.29, 0.717) is 6.54 Å². The first kappa shape index (κ1) is 19.5. The van der Waals surface area contributed by atoms with Gasteiger partial charge in [0, 0.05) is 6.54 Å². The van der Waals surface area contributed by atoms with Crippen molar-refractivity contribution in [1.29, 1.82) is 0 Å². The second kappa shape index (κ2) is 8.51. The fourth-order valence-corrected chi connectivity index (χ4v) is 2.23. The Hall–Kier alpha value is -2.83. The summed E-state index contributed by atoms with van der Waals surface area (Å²) >= 11 is 0. The molecule has 0 spiro atoms. The van der Waals surface area contributed by atoms with Crippen LogP contribution in [0.5, 0.6) is 0 Å². The Balaban J connectivity index is 1.79. The van der Waals surface area contributed by atoms with Crippen molar-refractivity contribution in [3.05, 3.63) is 71.3 Å². The van der Waals surface area contributed by atoms with Gasteiger partial charge in [0.25, 0.3) is 5.91 Å². The Morgan fingerprint density at radius 1 is 1.04 bits per heavy atom. The standard InChI is InChI=1S/C19H18F3NO3/c1-13(14-5-3-2-4-6-14)11-23-17(24)12-26-18(25)15-7-9-16(10-8-15)19(20,21)22/h2-10,13H,11-12H2,1H3,(H,23,24)/t13-/m1/s1. The lowest BCUT2D eigenvalue weighted by Gasteiger charge is -2.13. The van der Waals surface area contributed by atoms with Crippen molar-refractivity contribution < 1.29 is 27.5 Å². The van der Waals surface area contributed by atoms with Gasteiger partial charge in [-0.1, -0.05) is 37.3 Å². The third-order valence-electron chi connectivity index (χ3n) is 3.76. The van der Waals surface area contributed by atoms with Crippen LogP contribution in [0.1, 0.15) is 34.3 Å². The zero-order chi connectivity index (χ0) is 19.2. The summed E-state index contributed by atoms with van der Waals surface area (Å²) in [6.07, 6.45) is -4.47. The summed E-state index contributed by atoms with van der Waals surface area (Å²) in [5.74, 6) is -1.25. The lowest BCUT2D eigenvalue weighted by molar-refractivity contribution is -0.137. The molecule has 0 unspecified atom stereocenters. The molecular weight excluding hydrogens is 347 g/mol. The first-order chi connectivity index (χ1) is 12.3. The van der Waals surface area contributed by atoms with Gasteiger partial charge in [0.05, 0.1) is 11.1 Å². The Morgan fingerprint density at radius 3 is 2.23 bits per heavy atom. The van der Waals surface area contributed by atoms with E-state index in [1.54, 1.807) is 0 Å². The van der Waals surface area contributed by atoms with Gasteiger partial charge in [-0.15, -0.1) is 0 Å². The second-order valence-electron chi connectivity index (χ2n) is 5.77. The lowest BCUT2D eigenvalue weighted by atomic mass is 10.0. The number of ether oxygens (including phenoxy) is 1. The first-order valence-corrected chi connectivity index (χ1v) is 7.93. The molecule has 138 valence electrons. The number of carbonyl (C=O) groups is 2. The molecule has 1 N–H and O–H groups in total. The highest BCUT2D eigenvalue weighted by atomic mass is 19.4. The maximum absolute atomic E-state index is 12.5. The van der Waals surface area contributed by atoms with Crippen LogP contribution in [0.2, 0.25) is 0 Å². The molecule has 0 aromatic heterocycles. The SMILES string of the molecule is C[C@H](CNC(=O)COC(=O)c1ccc(C(F)(F)F)cc1)c1ccccc1. The van der Waals surface area contributed by atoms with E-state index in [-0.39, 0.29) is 11.5 Å². The number of alkyl halides is 3.